The lowest BCUT2D eigenvalue weighted by atomic mass is 10.1. The summed E-state index contributed by atoms with van der Waals surface area (Å²) in [5, 5.41) is 34.2. The Labute approximate surface area is 206 Å². The molecule has 0 spiro atoms. The van der Waals surface area contributed by atoms with Crippen molar-refractivity contribution >= 4 is 35.6 Å². The molecule has 4 amide bonds. The van der Waals surface area contributed by atoms with Gasteiger partial charge in [0.15, 0.2) is 0 Å². The normalized spacial score (nSPS) is 13.9. The van der Waals surface area contributed by atoms with Crippen LogP contribution in [0.4, 0.5) is 0 Å². The molecule has 0 aliphatic heterocycles. The van der Waals surface area contributed by atoms with Crippen LogP contribution in [0, 0.1) is 0 Å². The fraction of sp³-hybridized carbons (Fsp3) is 0.455. The fourth-order valence-corrected chi connectivity index (χ4v) is 3.01. The maximum absolute atomic E-state index is 12.6. The van der Waals surface area contributed by atoms with Crippen LogP contribution in [0.1, 0.15) is 38.2 Å². The quantitative estimate of drug-likeness (QED) is 0.128. The minimum atomic E-state index is -1.54. The maximum atomic E-state index is 12.6. The van der Waals surface area contributed by atoms with E-state index < -0.39 is 72.6 Å². The molecule has 14 nitrogen and oxygen atoms in total. The summed E-state index contributed by atoms with van der Waals surface area (Å²) in [6, 6.07) is 0.925. The molecule has 0 aromatic heterocycles. The van der Waals surface area contributed by atoms with Gasteiger partial charge in [-0.25, -0.2) is 4.79 Å². The Morgan fingerprint density at radius 2 is 1.39 bits per heavy atom. The zero-order valence-electron chi connectivity index (χ0n) is 19.6. The van der Waals surface area contributed by atoms with E-state index in [0.29, 0.717) is 5.56 Å². The second kappa shape index (κ2) is 14.3. The monoisotopic (exact) mass is 509 g/mol. The molecule has 0 heterocycles. The largest absolute Gasteiger partial charge is 0.508 e. The molecule has 0 saturated carbocycles. The Hall–Kier alpha value is -4.20. The molecule has 198 valence electrons. The van der Waals surface area contributed by atoms with Crippen molar-refractivity contribution in [1.82, 2.24) is 16.0 Å². The van der Waals surface area contributed by atoms with E-state index in [1.807, 2.05) is 0 Å². The average molecular weight is 510 g/mol. The lowest BCUT2D eigenvalue weighted by Crippen LogP contribution is -2.56. The van der Waals surface area contributed by atoms with E-state index in [1.165, 1.54) is 19.1 Å². The molecule has 4 atom stereocenters. The summed E-state index contributed by atoms with van der Waals surface area (Å²) in [6.07, 6.45) is -1.39. The smallest absolute Gasteiger partial charge is 0.326 e. The molecular weight excluding hydrogens is 478 g/mol. The molecule has 1 aromatic rings. The number of nitrogens with one attached hydrogen (secondary N) is 3. The molecule has 0 aliphatic carbocycles. The minimum absolute atomic E-state index is 0.0496. The summed E-state index contributed by atoms with van der Waals surface area (Å²) < 4.78 is 0. The van der Waals surface area contributed by atoms with Crippen molar-refractivity contribution in [2.75, 3.05) is 0 Å². The van der Waals surface area contributed by atoms with E-state index in [-0.39, 0.29) is 25.0 Å². The number of hydrogen-bond acceptors (Lipinski definition) is 8. The number of benzene rings is 1. The highest BCUT2D eigenvalue weighted by Gasteiger charge is 2.29. The number of aromatic hydroxyl groups is 1. The molecule has 4 unspecified atom stereocenters. The van der Waals surface area contributed by atoms with E-state index in [9.17, 15) is 39.0 Å². The van der Waals surface area contributed by atoms with E-state index in [4.69, 9.17) is 16.6 Å². The van der Waals surface area contributed by atoms with Crippen molar-refractivity contribution in [2.24, 2.45) is 11.5 Å². The number of rotatable bonds is 15. The molecule has 14 heteroatoms. The Balaban J connectivity index is 2.79. The summed E-state index contributed by atoms with van der Waals surface area (Å²) in [7, 11) is 0. The molecule has 10 N–H and O–H groups in total. The van der Waals surface area contributed by atoms with Crippen LogP contribution in [0.15, 0.2) is 24.3 Å². The van der Waals surface area contributed by atoms with E-state index in [1.54, 1.807) is 12.1 Å². The first-order chi connectivity index (χ1) is 16.8. The molecule has 0 fully saturated rings. The molecule has 1 aromatic carbocycles. The highest BCUT2D eigenvalue weighted by Crippen LogP contribution is 2.11. The van der Waals surface area contributed by atoms with Crippen molar-refractivity contribution in [3.8, 4) is 5.75 Å². The van der Waals surface area contributed by atoms with Crippen molar-refractivity contribution < 1.29 is 44.1 Å². The van der Waals surface area contributed by atoms with Crippen LogP contribution in [0.2, 0.25) is 0 Å². The number of amides is 4. The lowest BCUT2D eigenvalue weighted by molar-refractivity contribution is -0.143. The molecule has 0 saturated heterocycles. The predicted octanol–water partition coefficient (Wildman–Crippen LogP) is -2.05. The lowest BCUT2D eigenvalue weighted by Gasteiger charge is -2.23. The zero-order valence-corrected chi connectivity index (χ0v) is 19.6. The van der Waals surface area contributed by atoms with Crippen molar-refractivity contribution in [3.05, 3.63) is 29.8 Å². The van der Waals surface area contributed by atoms with Gasteiger partial charge in [0.05, 0.1) is 6.04 Å². The van der Waals surface area contributed by atoms with Crippen LogP contribution in [0.3, 0.4) is 0 Å². The van der Waals surface area contributed by atoms with Crippen LogP contribution in [0.5, 0.6) is 5.75 Å². The summed E-state index contributed by atoms with van der Waals surface area (Å²) in [6.45, 7) is 1.33. The number of primary amides is 1. The summed E-state index contributed by atoms with van der Waals surface area (Å²) in [4.78, 5) is 70.9. The van der Waals surface area contributed by atoms with Crippen molar-refractivity contribution in [1.29, 1.82) is 0 Å². The first-order valence-electron chi connectivity index (χ1n) is 11.0. The topological polar surface area (TPSA) is 251 Å². The average Bonchev–Trinajstić information content (AvgIpc) is 2.79. The third-order valence-corrected chi connectivity index (χ3v) is 5.05. The van der Waals surface area contributed by atoms with E-state index in [0.717, 1.165) is 0 Å². The first kappa shape index (κ1) is 29.8. The van der Waals surface area contributed by atoms with Gasteiger partial charge in [0.25, 0.3) is 0 Å². The number of phenolic OH excluding ortho intramolecular Hbond substituents is 1. The first-order valence-corrected chi connectivity index (χ1v) is 11.0. The van der Waals surface area contributed by atoms with Crippen LogP contribution in [-0.4, -0.2) is 75.1 Å². The molecule has 36 heavy (non-hydrogen) atoms. The molecular formula is C22H31N5O9. The van der Waals surface area contributed by atoms with Crippen LogP contribution < -0.4 is 27.4 Å². The minimum Gasteiger partial charge on any atom is -0.508 e. The van der Waals surface area contributed by atoms with Gasteiger partial charge in [-0.3, -0.25) is 24.0 Å². The van der Waals surface area contributed by atoms with Crippen LogP contribution in [0.25, 0.3) is 0 Å². The number of hydrogen-bond donors (Lipinski definition) is 8. The number of carbonyl (C=O) groups excluding carboxylic acids is 4. The molecule has 0 radical (unpaired) electrons. The summed E-state index contributed by atoms with van der Waals surface area (Å²) >= 11 is 0. The predicted molar refractivity (Wildman–Crippen MR) is 124 cm³/mol. The Morgan fingerprint density at radius 3 is 1.92 bits per heavy atom. The number of carboxylic acid groups (broad SMARTS) is 2. The number of nitrogens with two attached hydrogens (primary N) is 2. The van der Waals surface area contributed by atoms with Gasteiger partial charge in [-0.05, 0) is 43.9 Å². The van der Waals surface area contributed by atoms with Gasteiger partial charge >= 0.3 is 11.9 Å². The van der Waals surface area contributed by atoms with Crippen molar-refractivity contribution in [2.45, 2.75) is 63.2 Å². The number of aliphatic carboxylic acids is 2. The number of carbonyl (C=O) groups is 6. The summed E-state index contributed by atoms with van der Waals surface area (Å²) in [5.74, 6) is -5.91. The standard InChI is InChI=1S/C22H31N5O9/c1-11(25-20(33)14(23)10-12-2-4-13(28)5-3-12)19(32)26-15(6-8-17(24)29)21(34)27-16(22(35)36)7-9-18(30)31/h2-5,11,14-16,28H,6-10,23H2,1H3,(H2,24,29)(H,25,33)(H,26,32)(H,27,34)(H,30,31)(H,35,36). The van der Waals surface area contributed by atoms with Gasteiger partial charge in [0.1, 0.15) is 23.9 Å². The van der Waals surface area contributed by atoms with Gasteiger partial charge in [0.2, 0.25) is 23.6 Å². The summed E-state index contributed by atoms with van der Waals surface area (Å²) in [5.41, 5.74) is 11.7. The highest BCUT2D eigenvalue weighted by molar-refractivity contribution is 5.94. The van der Waals surface area contributed by atoms with Gasteiger partial charge < -0.3 is 42.7 Å². The van der Waals surface area contributed by atoms with Crippen LogP contribution in [-0.2, 0) is 35.2 Å². The third kappa shape index (κ3) is 10.8. The Kier molecular flexibility index (Phi) is 11.8. The van der Waals surface area contributed by atoms with Gasteiger partial charge in [-0.1, -0.05) is 12.1 Å². The zero-order chi connectivity index (χ0) is 27.4. The van der Waals surface area contributed by atoms with Gasteiger partial charge in [-0.15, -0.1) is 0 Å². The Bertz CT molecular complexity index is 967. The van der Waals surface area contributed by atoms with Gasteiger partial charge in [-0.2, -0.15) is 0 Å². The van der Waals surface area contributed by atoms with E-state index in [2.05, 4.69) is 16.0 Å². The molecule has 0 aliphatic rings. The molecule has 1 rings (SSSR count). The highest BCUT2D eigenvalue weighted by atomic mass is 16.4. The second-order valence-corrected chi connectivity index (χ2v) is 8.11. The third-order valence-electron chi connectivity index (χ3n) is 5.05. The van der Waals surface area contributed by atoms with Gasteiger partial charge in [0, 0.05) is 12.8 Å². The molecule has 0 bridgehead atoms. The number of phenols is 1. The van der Waals surface area contributed by atoms with Crippen LogP contribution >= 0.6 is 0 Å². The SMILES string of the molecule is CC(NC(=O)C(N)Cc1ccc(O)cc1)C(=O)NC(CCC(N)=O)C(=O)NC(CCC(=O)O)C(=O)O. The fourth-order valence-electron chi connectivity index (χ4n) is 3.01. The second-order valence-electron chi connectivity index (χ2n) is 8.11. The Morgan fingerprint density at radius 1 is 0.833 bits per heavy atom. The van der Waals surface area contributed by atoms with E-state index >= 15 is 0 Å². The maximum Gasteiger partial charge on any atom is 0.326 e. The number of carboxylic acids is 2. The van der Waals surface area contributed by atoms with Crippen molar-refractivity contribution in [3.63, 3.8) is 0 Å².